The number of alkyl halides is 3. The molecule has 1 aromatic rings. The summed E-state index contributed by atoms with van der Waals surface area (Å²) in [6.07, 6.45) is -3.85. The molecule has 0 aliphatic carbocycles. The topological polar surface area (TPSA) is 49.4 Å². The molecule has 1 atom stereocenters. The van der Waals surface area contributed by atoms with E-state index in [0.29, 0.717) is 13.5 Å². The van der Waals surface area contributed by atoms with Crippen LogP contribution in [-0.2, 0) is 23.0 Å². The lowest BCUT2D eigenvalue weighted by Gasteiger charge is -2.27. The summed E-state index contributed by atoms with van der Waals surface area (Å²) in [5.41, 5.74) is 1.22. The molecule has 9 heteroatoms. The van der Waals surface area contributed by atoms with Crippen molar-refractivity contribution in [2.75, 3.05) is 19.6 Å². The maximum Gasteiger partial charge on any atom is 0.406 e. The Labute approximate surface area is 126 Å². The first-order valence-corrected chi connectivity index (χ1v) is 8.95. The fraction of sp³-hybridized carbons (Fsp3) is 0.667. The molecular weight excluding hydrogens is 325 g/mol. The van der Waals surface area contributed by atoms with Crippen LogP contribution < -0.4 is 4.72 Å². The zero-order chi connectivity index (χ0) is 15.7. The van der Waals surface area contributed by atoms with E-state index in [9.17, 15) is 21.6 Å². The third kappa shape index (κ3) is 4.18. The van der Waals surface area contributed by atoms with E-state index >= 15 is 0 Å². The molecule has 1 aliphatic heterocycles. The molecule has 0 saturated carbocycles. The van der Waals surface area contributed by atoms with Gasteiger partial charge < -0.3 is 0 Å². The Balaban J connectivity index is 1.83. The average Bonchev–Trinajstić information content (AvgIpc) is 2.84. The Morgan fingerprint density at radius 2 is 2.19 bits per heavy atom. The number of thiophene rings is 1. The van der Waals surface area contributed by atoms with Gasteiger partial charge in [-0.25, -0.2) is 13.1 Å². The Morgan fingerprint density at radius 3 is 2.86 bits per heavy atom. The van der Waals surface area contributed by atoms with Crippen molar-refractivity contribution >= 4 is 21.4 Å². The molecular formula is C12H17F3N2O2S2. The normalized spacial score (nSPS) is 18.5. The third-order valence-electron chi connectivity index (χ3n) is 3.54. The largest absolute Gasteiger partial charge is 0.406 e. The van der Waals surface area contributed by atoms with Crippen molar-refractivity contribution in [1.82, 2.24) is 9.62 Å². The minimum Gasteiger partial charge on any atom is -0.297 e. The summed E-state index contributed by atoms with van der Waals surface area (Å²) in [6, 6.07) is 2.03. The standard InChI is InChI=1S/C12H17F3N2O2S2/c1-9(12(13,14)15)21(18,19)16-4-6-17-5-2-11-10(8-17)3-7-20-11/h3,7,9,16H,2,4-6,8H2,1H3/t9-/m1/s1. The van der Waals surface area contributed by atoms with Crippen LogP contribution >= 0.6 is 11.3 Å². The molecule has 120 valence electrons. The van der Waals surface area contributed by atoms with Crippen LogP contribution in [0.3, 0.4) is 0 Å². The summed E-state index contributed by atoms with van der Waals surface area (Å²) in [6.45, 7) is 2.56. The first-order chi connectivity index (χ1) is 9.70. The van der Waals surface area contributed by atoms with Gasteiger partial charge in [-0.1, -0.05) is 0 Å². The van der Waals surface area contributed by atoms with Crippen molar-refractivity contribution in [2.24, 2.45) is 0 Å². The highest BCUT2D eigenvalue weighted by Gasteiger charge is 2.44. The molecule has 2 heterocycles. The lowest BCUT2D eigenvalue weighted by molar-refractivity contribution is -0.127. The van der Waals surface area contributed by atoms with E-state index in [4.69, 9.17) is 0 Å². The summed E-state index contributed by atoms with van der Waals surface area (Å²) >= 11 is 1.70. The number of halogens is 3. The van der Waals surface area contributed by atoms with E-state index in [1.807, 2.05) is 21.1 Å². The molecule has 2 rings (SSSR count). The second-order valence-corrected chi connectivity index (χ2v) is 8.10. The lowest BCUT2D eigenvalue weighted by atomic mass is 10.1. The molecule has 21 heavy (non-hydrogen) atoms. The van der Waals surface area contributed by atoms with Crippen LogP contribution in [0.25, 0.3) is 0 Å². The van der Waals surface area contributed by atoms with Gasteiger partial charge in [-0.3, -0.25) is 4.90 Å². The van der Waals surface area contributed by atoms with Crippen molar-refractivity contribution in [3.63, 3.8) is 0 Å². The minimum atomic E-state index is -4.75. The number of fused-ring (bicyclic) bond motifs is 1. The molecule has 0 saturated heterocycles. The molecule has 0 radical (unpaired) electrons. The molecule has 0 unspecified atom stereocenters. The van der Waals surface area contributed by atoms with Gasteiger partial charge in [-0.2, -0.15) is 13.2 Å². The van der Waals surface area contributed by atoms with Crippen LogP contribution in [0.1, 0.15) is 17.4 Å². The predicted molar refractivity (Wildman–Crippen MR) is 75.7 cm³/mol. The SMILES string of the molecule is C[C@H](C(F)(F)F)S(=O)(=O)NCCN1CCc2sccc2C1. The number of sulfonamides is 1. The van der Waals surface area contributed by atoms with Crippen molar-refractivity contribution < 1.29 is 21.6 Å². The molecule has 0 fully saturated rings. The highest BCUT2D eigenvalue weighted by molar-refractivity contribution is 7.90. The van der Waals surface area contributed by atoms with Crippen LogP contribution in [0.15, 0.2) is 11.4 Å². The number of nitrogens with one attached hydrogen (secondary N) is 1. The summed E-state index contributed by atoms with van der Waals surface area (Å²) in [5, 5.41) is -0.378. The first-order valence-electron chi connectivity index (χ1n) is 6.53. The van der Waals surface area contributed by atoms with Gasteiger partial charge in [-0.05, 0) is 30.4 Å². The van der Waals surface area contributed by atoms with E-state index < -0.39 is 21.4 Å². The van der Waals surface area contributed by atoms with Crippen molar-refractivity contribution in [2.45, 2.75) is 31.3 Å². The van der Waals surface area contributed by atoms with Crippen LogP contribution in [0, 0.1) is 0 Å². The Morgan fingerprint density at radius 1 is 1.48 bits per heavy atom. The third-order valence-corrected chi connectivity index (χ3v) is 6.37. The molecule has 1 N–H and O–H groups in total. The number of hydrogen-bond donors (Lipinski definition) is 1. The monoisotopic (exact) mass is 342 g/mol. The zero-order valence-corrected chi connectivity index (χ0v) is 13.1. The molecule has 0 spiro atoms. The average molecular weight is 342 g/mol. The fourth-order valence-electron chi connectivity index (χ4n) is 2.14. The Hall–Kier alpha value is -0.640. The van der Waals surface area contributed by atoms with E-state index in [2.05, 4.69) is 0 Å². The molecule has 0 aromatic carbocycles. The van der Waals surface area contributed by atoms with Gasteiger partial charge in [0.2, 0.25) is 10.0 Å². The quantitative estimate of drug-likeness (QED) is 0.890. The van der Waals surface area contributed by atoms with E-state index in [1.54, 1.807) is 11.3 Å². The van der Waals surface area contributed by atoms with Gasteiger partial charge in [0.05, 0.1) is 0 Å². The highest BCUT2D eigenvalue weighted by Crippen LogP contribution is 2.25. The smallest absolute Gasteiger partial charge is 0.297 e. The summed E-state index contributed by atoms with van der Waals surface area (Å²) in [7, 11) is -4.37. The van der Waals surface area contributed by atoms with Gasteiger partial charge in [0, 0.05) is 31.1 Å². The summed E-state index contributed by atoms with van der Waals surface area (Å²) in [4.78, 5) is 3.37. The van der Waals surface area contributed by atoms with Gasteiger partial charge in [0.25, 0.3) is 0 Å². The Bertz CT molecular complexity index is 584. The second-order valence-electron chi connectivity index (χ2n) is 5.02. The first kappa shape index (κ1) is 16.7. The van der Waals surface area contributed by atoms with Crippen LogP contribution in [0.2, 0.25) is 0 Å². The summed E-state index contributed by atoms with van der Waals surface area (Å²) < 4.78 is 62.4. The molecule has 4 nitrogen and oxygen atoms in total. The van der Waals surface area contributed by atoms with Gasteiger partial charge in [0.15, 0.2) is 5.25 Å². The molecule has 0 bridgehead atoms. The number of rotatable bonds is 5. The maximum absolute atomic E-state index is 12.4. The van der Waals surface area contributed by atoms with Crippen LogP contribution in [-0.4, -0.2) is 44.4 Å². The van der Waals surface area contributed by atoms with Gasteiger partial charge in [-0.15, -0.1) is 11.3 Å². The maximum atomic E-state index is 12.4. The lowest BCUT2D eigenvalue weighted by Crippen LogP contribution is -2.44. The van der Waals surface area contributed by atoms with E-state index in [0.717, 1.165) is 19.5 Å². The van der Waals surface area contributed by atoms with Crippen molar-refractivity contribution in [3.8, 4) is 0 Å². The molecule has 1 aromatic heterocycles. The summed E-state index contributed by atoms with van der Waals surface area (Å²) in [5.74, 6) is 0. The number of hydrogen-bond acceptors (Lipinski definition) is 4. The fourth-order valence-corrected chi connectivity index (χ4v) is 4.01. The predicted octanol–water partition coefficient (Wildman–Crippen LogP) is 1.98. The highest BCUT2D eigenvalue weighted by atomic mass is 32.2. The molecule has 1 aliphatic rings. The van der Waals surface area contributed by atoms with Crippen LogP contribution in [0.4, 0.5) is 13.2 Å². The second kappa shape index (κ2) is 6.23. The number of nitrogens with zero attached hydrogens (tertiary/aromatic N) is 1. The Kier molecular flexibility index (Phi) is 4.96. The molecule has 0 amide bonds. The van der Waals surface area contributed by atoms with E-state index in [1.165, 1.54) is 10.4 Å². The van der Waals surface area contributed by atoms with E-state index in [-0.39, 0.29) is 6.54 Å². The zero-order valence-electron chi connectivity index (χ0n) is 11.5. The van der Waals surface area contributed by atoms with Crippen molar-refractivity contribution in [3.05, 3.63) is 21.9 Å². The van der Waals surface area contributed by atoms with Crippen molar-refractivity contribution in [1.29, 1.82) is 0 Å². The van der Waals surface area contributed by atoms with Gasteiger partial charge in [0.1, 0.15) is 0 Å². The van der Waals surface area contributed by atoms with Gasteiger partial charge >= 0.3 is 6.18 Å². The minimum absolute atomic E-state index is 0.0117. The van der Waals surface area contributed by atoms with Crippen LogP contribution in [0.5, 0.6) is 0 Å².